The Morgan fingerprint density at radius 2 is 1.38 bits per heavy atom. The van der Waals surface area contributed by atoms with Gasteiger partial charge < -0.3 is 0 Å². The molecule has 0 aromatic rings. The van der Waals surface area contributed by atoms with Crippen molar-refractivity contribution < 1.29 is 0 Å². The predicted octanol–water partition coefficient (Wildman–Crippen LogP) is 7.88. The fraction of sp³-hybridized carbons (Fsp3) is 0.857. The van der Waals surface area contributed by atoms with Crippen molar-refractivity contribution in [2.24, 2.45) is 5.92 Å². The Morgan fingerprint density at radius 3 is 2.05 bits per heavy atom. The smallest absolute Gasteiger partial charge is 0.0325 e. The molecule has 21 heavy (non-hydrogen) atoms. The highest BCUT2D eigenvalue weighted by Crippen LogP contribution is 2.15. The van der Waals surface area contributed by atoms with E-state index in [1.54, 1.807) is 0 Å². The van der Waals surface area contributed by atoms with Crippen LogP contribution >= 0.6 is 0 Å². The van der Waals surface area contributed by atoms with E-state index < -0.39 is 0 Å². The van der Waals surface area contributed by atoms with E-state index in [1.807, 2.05) is 0 Å². The molecule has 1 radical (unpaired) electrons. The van der Waals surface area contributed by atoms with Crippen LogP contribution in [-0.2, 0) is 0 Å². The van der Waals surface area contributed by atoms with Gasteiger partial charge in [0.25, 0.3) is 0 Å². The predicted molar refractivity (Wildman–Crippen MR) is 98.6 cm³/mol. The second kappa shape index (κ2) is 17.8. The number of rotatable bonds is 16. The third-order valence-electron chi connectivity index (χ3n) is 4.38. The molecule has 0 bridgehead atoms. The van der Waals surface area contributed by atoms with Crippen molar-refractivity contribution in [3.8, 4) is 0 Å². The van der Waals surface area contributed by atoms with E-state index >= 15 is 0 Å². The molecule has 125 valence electrons. The summed E-state index contributed by atoms with van der Waals surface area (Å²) >= 11 is 0. The van der Waals surface area contributed by atoms with Crippen molar-refractivity contribution in [2.75, 3.05) is 0 Å². The lowest BCUT2D eigenvalue weighted by Gasteiger charge is -2.07. The molecular weight excluding hydrogens is 252 g/mol. The minimum Gasteiger partial charge on any atom is -0.0885 e. The summed E-state index contributed by atoms with van der Waals surface area (Å²) in [5.41, 5.74) is 0. The van der Waals surface area contributed by atoms with Gasteiger partial charge in [0.05, 0.1) is 0 Å². The minimum absolute atomic E-state index is 0.881. The molecule has 0 aliphatic carbocycles. The van der Waals surface area contributed by atoms with Crippen molar-refractivity contribution in [2.45, 2.75) is 110 Å². The van der Waals surface area contributed by atoms with Gasteiger partial charge in [-0.2, -0.15) is 0 Å². The molecule has 0 rings (SSSR count). The van der Waals surface area contributed by atoms with Gasteiger partial charge in [0.1, 0.15) is 0 Å². The SMILES string of the molecule is [CH2]CCCCCCCCCC=CCC(C)CCCCCC. The van der Waals surface area contributed by atoms with Gasteiger partial charge in [-0.05, 0) is 25.2 Å². The Labute approximate surface area is 135 Å². The third-order valence-corrected chi connectivity index (χ3v) is 4.38. The van der Waals surface area contributed by atoms with Crippen LogP contribution in [0, 0.1) is 12.8 Å². The van der Waals surface area contributed by atoms with Gasteiger partial charge >= 0.3 is 0 Å². The number of allylic oxidation sites excluding steroid dienone is 2. The lowest BCUT2D eigenvalue weighted by molar-refractivity contribution is 0.493. The van der Waals surface area contributed by atoms with Crippen molar-refractivity contribution >= 4 is 0 Å². The van der Waals surface area contributed by atoms with Gasteiger partial charge in [0, 0.05) is 0 Å². The Kier molecular flexibility index (Phi) is 17.6. The molecule has 0 fully saturated rings. The molecule has 1 atom stereocenters. The van der Waals surface area contributed by atoms with Crippen molar-refractivity contribution in [3.05, 3.63) is 19.1 Å². The van der Waals surface area contributed by atoms with E-state index in [-0.39, 0.29) is 0 Å². The topological polar surface area (TPSA) is 0 Å². The fourth-order valence-corrected chi connectivity index (χ4v) is 2.81. The summed E-state index contributed by atoms with van der Waals surface area (Å²) in [7, 11) is 0. The molecule has 1 unspecified atom stereocenters. The minimum atomic E-state index is 0.881. The van der Waals surface area contributed by atoms with Crippen LogP contribution in [0.2, 0.25) is 0 Å². The highest BCUT2D eigenvalue weighted by molar-refractivity contribution is 4.83. The highest BCUT2D eigenvalue weighted by atomic mass is 14.0. The summed E-state index contributed by atoms with van der Waals surface area (Å²) in [4.78, 5) is 0. The van der Waals surface area contributed by atoms with Gasteiger partial charge in [-0.1, -0.05) is 110 Å². The molecule has 0 N–H and O–H groups in total. The molecule has 0 heteroatoms. The van der Waals surface area contributed by atoms with Gasteiger partial charge in [0.2, 0.25) is 0 Å². The molecule has 0 aromatic heterocycles. The Morgan fingerprint density at radius 1 is 0.762 bits per heavy atom. The average molecular weight is 294 g/mol. The molecule has 0 heterocycles. The largest absolute Gasteiger partial charge is 0.0885 e. The Bertz CT molecular complexity index is 204. The van der Waals surface area contributed by atoms with E-state index in [9.17, 15) is 0 Å². The van der Waals surface area contributed by atoms with Crippen LogP contribution in [0.1, 0.15) is 110 Å². The van der Waals surface area contributed by atoms with Gasteiger partial charge in [-0.15, -0.1) is 0 Å². The molecule has 0 saturated heterocycles. The van der Waals surface area contributed by atoms with E-state index in [0.717, 1.165) is 12.3 Å². The maximum atomic E-state index is 3.89. The second-order valence-electron chi connectivity index (χ2n) is 6.78. The second-order valence-corrected chi connectivity index (χ2v) is 6.78. The van der Waals surface area contributed by atoms with Crippen LogP contribution in [0.5, 0.6) is 0 Å². The van der Waals surface area contributed by atoms with Crippen LogP contribution in [0.4, 0.5) is 0 Å². The Hall–Kier alpha value is -0.260. The normalized spacial score (nSPS) is 13.1. The lowest BCUT2D eigenvalue weighted by atomic mass is 9.99. The molecule has 0 amide bonds. The summed E-state index contributed by atoms with van der Waals surface area (Å²) in [5, 5.41) is 0. The molecule has 0 nitrogen and oxygen atoms in total. The first-order chi connectivity index (χ1) is 10.3. The van der Waals surface area contributed by atoms with Crippen LogP contribution in [0.15, 0.2) is 12.2 Å². The average Bonchev–Trinajstić information content (AvgIpc) is 2.49. The monoisotopic (exact) mass is 293 g/mol. The summed E-state index contributed by atoms with van der Waals surface area (Å²) in [6, 6.07) is 0. The molecule has 0 aliphatic rings. The van der Waals surface area contributed by atoms with Crippen LogP contribution in [0.25, 0.3) is 0 Å². The number of unbranched alkanes of at least 4 members (excludes halogenated alkanes) is 11. The highest BCUT2D eigenvalue weighted by Gasteiger charge is 1.98. The zero-order valence-corrected chi connectivity index (χ0v) is 15.0. The molecular formula is C21H41. The zero-order valence-electron chi connectivity index (χ0n) is 15.0. The summed E-state index contributed by atoms with van der Waals surface area (Å²) in [6.45, 7) is 8.58. The van der Waals surface area contributed by atoms with Gasteiger partial charge in [-0.25, -0.2) is 0 Å². The first-order valence-corrected chi connectivity index (χ1v) is 9.75. The summed E-state index contributed by atoms with van der Waals surface area (Å²) < 4.78 is 0. The maximum absolute atomic E-state index is 3.89. The van der Waals surface area contributed by atoms with Crippen LogP contribution in [0.3, 0.4) is 0 Å². The summed E-state index contributed by atoms with van der Waals surface area (Å²) in [6.07, 6.45) is 25.4. The molecule has 0 aromatic carbocycles. The fourth-order valence-electron chi connectivity index (χ4n) is 2.81. The van der Waals surface area contributed by atoms with E-state index in [4.69, 9.17) is 0 Å². The number of hydrogen-bond donors (Lipinski definition) is 0. The van der Waals surface area contributed by atoms with Crippen molar-refractivity contribution in [1.29, 1.82) is 0 Å². The first kappa shape index (κ1) is 20.7. The summed E-state index contributed by atoms with van der Waals surface area (Å²) in [5.74, 6) is 0.881. The van der Waals surface area contributed by atoms with E-state index in [2.05, 4.69) is 32.9 Å². The quantitative estimate of drug-likeness (QED) is 0.200. The molecule has 0 saturated carbocycles. The van der Waals surface area contributed by atoms with Crippen LogP contribution < -0.4 is 0 Å². The van der Waals surface area contributed by atoms with Gasteiger partial charge in [0.15, 0.2) is 0 Å². The Balaban J connectivity index is 3.20. The molecule has 0 spiro atoms. The van der Waals surface area contributed by atoms with Gasteiger partial charge in [-0.3, -0.25) is 0 Å². The lowest BCUT2D eigenvalue weighted by Crippen LogP contribution is -1.92. The zero-order chi connectivity index (χ0) is 15.6. The van der Waals surface area contributed by atoms with E-state index in [0.29, 0.717) is 0 Å². The maximum Gasteiger partial charge on any atom is -0.0325 e. The number of hydrogen-bond acceptors (Lipinski definition) is 0. The van der Waals surface area contributed by atoms with E-state index in [1.165, 1.54) is 89.9 Å². The van der Waals surface area contributed by atoms with Crippen molar-refractivity contribution in [1.82, 2.24) is 0 Å². The van der Waals surface area contributed by atoms with Crippen molar-refractivity contribution in [3.63, 3.8) is 0 Å². The van der Waals surface area contributed by atoms with Crippen LogP contribution in [-0.4, -0.2) is 0 Å². The third kappa shape index (κ3) is 17.7. The standard InChI is InChI=1S/C21H41/c1-4-6-8-10-11-12-13-14-15-16-18-20-21(3)19-17-9-7-5-2/h16,18,21H,1,4-15,17,19-20H2,2-3H3. The first-order valence-electron chi connectivity index (χ1n) is 9.75. The molecule has 0 aliphatic heterocycles.